The zero-order chi connectivity index (χ0) is 18.8. The predicted octanol–water partition coefficient (Wildman–Crippen LogP) is 4.58. The fourth-order valence-corrected chi connectivity index (χ4v) is 4.22. The highest BCUT2D eigenvalue weighted by molar-refractivity contribution is 9.10. The third-order valence-corrected chi connectivity index (χ3v) is 5.59. The van der Waals surface area contributed by atoms with Crippen molar-refractivity contribution in [1.82, 2.24) is 0 Å². The summed E-state index contributed by atoms with van der Waals surface area (Å²) >= 11 is 9.88. The highest BCUT2D eigenvalue weighted by atomic mass is 79.9. The molecule has 26 heavy (non-hydrogen) atoms. The number of carbonyl (C=O) groups is 1. The molecule has 0 bridgehead atoms. The number of thiocarbonyl (C=S) groups is 1. The molecule has 0 unspecified atom stereocenters. The van der Waals surface area contributed by atoms with E-state index in [1.807, 2.05) is 12.1 Å². The van der Waals surface area contributed by atoms with Gasteiger partial charge in [0.1, 0.15) is 5.75 Å². The molecule has 0 aromatic heterocycles. The second-order valence-corrected chi connectivity index (χ2v) is 7.77. The maximum Gasteiger partial charge on any atom is 0.270 e. The molecule has 1 fully saturated rings. The molecule has 1 saturated heterocycles. The van der Waals surface area contributed by atoms with Gasteiger partial charge in [0.2, 0.25) is 0 Å². The number of ether oxygens (including phenoxy) is 2. The summed E-state index contributed by atoms with van der Waals surface area (Å²) < 4.78 is 11.4. The van der Waals surface area contributed by atoms with E-state index in [0.717, 1.165) is 0 Å². The Hall–Kier alpha value is -2.03. The van der Waals surface area contributed by atoms with Crippen LogP contribution in [-0.2, 0) is 4.79 Å². The van der Waals surface area contributed by atoms with Gasteiger partial charge < -0.3 is 14.6 Å². The van der Waals surface area contributed by atoms with Crippen molar-refractivity contribution in [2.75, 3.05) is 19.1 Å². The lowest BCUT2D eigenvalue weighted by Gasteiger charge is -2.17. The average molecular weight is 452 g/mol. The molecular formula is C18H14BrNO4S2. The molecule has 1 aliphatic rings. The van der Waals surface area contributed by atoms with Crippen molar-refractivity contribution in [3.63, 3.8) is 0 Å². The second-order valence-electron chi connectivity index (χ2n) is 5.24. The minimum Gasteiger partial charge on any atom is -0.503 e. The zero-order valence-corrected chi connectivity index (χ0v) is 17.1. The summed E-state index contributed by atoms with van der Waals surface area (Å²) in [7, 11) is 3.01. The summed E-state index contributed by atoms with van der Waals surface area (Å²) in [6.07, 6.45) is 1.71. The van der Waals surface area contributed by atoms with Crippen molar-refractivity contribution in [1.29, 1.82) is 0 Å². The van der Waals surface area contributed by atoms with Crippen LogP contribution in [0, 0.1) is 0 Å². The van der Waals surface area contributed by atoms with Gasteiger partial charge in [0.15, 0.2) is 15.8 Å². The van der Waals surface area contributed by atoms with Gasteiger partial charge in [0, 0.05) is 0 Å². The number of benzene rings is 2. The smallest absolute Gasteiger partial charge is 0.270 e. The van der Waals surface area contributed by atoms with Crippen molar-refractivity contribution in [3.8, 4) is 17.2 Å². The van der Waals surface area contributed by atoms with Gasteiger partial charge in [-0.25, -0.2) is 0 Å². The Bertz CT molecular complexity index is 929. The molecule has 0 radical (unpaired) electrons. The van der Waals surface area contributed by atoms with Crippen LogP contribution in [-0.4, -0.2) is 29.6 Å². The van der Waals surface area contributed by atoms with Crippen LogP contribution in [0.2, 0.25) is 0 Å². The van der Waals surface area contributed by atoms with Gasteiger partial charge in [-0.2, -0.15) is 0 Å². The number of nitrogens with zero attached hydrogens (tertiary/aromatic N) is 1. The summed E-state index contributed by atoms with van der Waals surface area (Å²) in [6.45, 7) is 0. The van der Waals surface area contributed by atoms with Crippen molar-refractivity contribution >= 4 is 61.9 Å². The van der Waals surface area contributed by atoms with E-state index in [1.54, 1.807) is 37.5 Å². The first-order chi connectivity index (χ1) is 12.5. The van der Waals surface area contributed by atoms with Gasteiger partial charge >= 0.3 is 0 Å². The number of rotatable bonds is 4. The van der Waals surface area contributed by atoms with Crippen LogP contribution < -0.4 is 14.4 Å². The maximum atomic E-state index is 12.9. The molecule has 0 atom stereocenters. The Balaban J connectivity index is 1.99. The van der Waals surface area contributed by atoms with Crippen LogP contribution in [0.3, 0.4) is 0 Å². The van der Waals surface area contributed by atoms with Gasteiger partial charge in [-0.3, -0.25) is 9.69 Å². The first-order valence-corrected chi connectivity index (χ1v) is 9.45. The van der Waals surface area contributed by atoms with Crippen LogP contribution in [0.1, 0.15) is 5.56 Å². The number of hydrogen-bond acceptors (Lipinski definition) is 6. The van der Waals surface area contributed by atoms with E-state index in [0.29, 0.717) is 36.4 Å². The summed E-state index contributed by atoms with van der Waals surface area (Å²) in [5, 5.41) is 9.92. The molecule has 0 spiro atoms. The Morgan fingerprint density at radius 1 is 1.19 bits per heavy atom. The molecule has 5 nitrogen and oxygen atoms in total. The van der Waals surface area contributed by atoms with Gasteiger partial charge in [0.05, 0.1) is 29.3 Å². The number of phenolic OH excluding ortho intramolecular Hbond substituents is 1. The molecule has 1 amide bonds. The third kappa shape index (κ3) is 3.44. The molecule has 2 aromatic rings. The largest absolute Gasteiger partial charge is 0.503 e. The highest BCUT2D eigenvalue weighted by Crippen LogP contribution is 2.41. The number of hydrogen-bond donors (Lipinski definition) is 1. The molecule has 1 heterocycles. The number of amides is 1. The van der Waals surface area contributed by atoms with Crippen molar-refractivity contribution in [3.05, 3.63) is 51.3 Å². The lowest BCUT2D eigenvalue weighted by Crippen LogP contribution is -2.27. The predicted molar refractivity (Wildman–Crippen MR) is 111 cm³/mol. The van der Waals surface area contributed by atoms with Crippen molar-refractivity contribution < 1.29 is 19.4 Å². The number of anilines is 1. The van der Waals surface area contributed by atoms with Gasteiger partial charge in [0.25, 0.3) is 5.91 Å². The first-order valence-electron chi connectivity index (χ1n) is 7.43. The van der Waals surface area contributed by atoms with Crippen LogP contribution in [0.15, 0.2) is 45.8 Å². The number of thioether (sulfide) groups is 1. The maximum absolute atomic E-state index is 12.9. The molecule has 3 rings (SSSR count). The molecule has 0 saturated carbocycles. The summed E-state index contributed by atoms with van der Waals surface area (Å²) in [5.41, 5.74) is 1.30. The van der Waals surface area contributed by atoms with E-state index in [1.165, 1.54) is 23.8 Å². The van der Waals surface area contributed by atoms with E-state index in [-0.39, 0.29) is 11.7 Å². The lowest BCUT2D eigenvalue weighted by molar-refractivity contribution is -0.113. The topological polar surface area (TPSA) is 59.0 Å². The minimum atomic E-state index is -0.229. The minimum absolute atomic E-state index is 0.00576. The van der Waals surface area contributed by atoms with Crippen LogP contribution in [0.5, 0.6) is 17.2 Å². The molecule has 1 aliphatic heterocycles. The van der Waals surface area contributed by atoms with E-state index >= 15 is 0 Å². The standard InChI is InChI=1S/C18H14BrNO4S2/c1-23-13-6-4-3-5-12(13)20-17(22)15(26-18(20)25)9-10-7-11(19)16(21)14(8-10)24-2/h3-9,21H,1-2H3/b15-9+. The highest BCUT2D eigenvalue weighted by Gasteiger charge is 2.34. The first kappa shape index (κ1) is 18.8. The van der Waals surface area contributed by atoms with Crippen molar-refractivity contribution in [2.45, 2.75) is 0 Å². The summed E-state index contributed by atoms with van der Waals surface area (Å²) in [6, 6.07) is 10.6. The average Bonchev–Trinajstić information content (AvgIpc) is 2.91. The third-order valence-electron chi connectivity index (χ3n) is 3.69. The van der Waals surface area contributed by atoms with E-state index < -0.39 is 0 Å². The fourth-order valence-electron chi connectivity index (χ4n) is 2.47. The lowest BCUT2D eigenvalue weighted by atomic mass is 10.2. The Morgan fingerprint density at radius 3 is 2.58 bits per heavy atom. The number of halogens is 1. The van der Waals surface area contributed by atoms with E-state index in [9.17, 15) is 9.90 Å². The van der Waals surface area contributed by atoms with E-state index in [4.69, 9.17) is 21.7 Å². The van der Waals surface area contributed by atoms with Crippen LogP contribution >= 0.6 is 39.9 Å². The molecule has 2 aromatic carbocycles. The molecule has 0 aliphatic carbocycles. The monoisotopic (exact) mass is 451 g/mol. The normalized spacial score (nSPS) is 15.7. The zero-order valence-electron chi connectivity index (χ0n) is 13.9. The Labute approximate surface area is 168 Å². The van der Waals surface area contributed by atoms with Gasteiger partial charge in [-0.1, -0.05) is 36.1 Å². The number of aromatic hydroxyl groups is 1. The SMILES string of the molecule is COc1ccccc1N1C(=O)/C(=C\c2cc(Br)c(O)c(OC)c2)SC1=S. The fraction of sp³-hybridized carbons (Fsp3) is 0.111. The number of para-hydroxylation sites is 2. The van der Waals surface area contributed by atoms with Crippen LogP contribution in [0.4, 0.5) is 5.69 Å². The Kier molecular flexibility index (Phi) is 5.55. The van der Waals surface area contributed by atoms with Crippen molar-refractivity contribution in [2.24, 2.45) is 0 Å². The van der Waals surface area contributed by atoms with Crippen LogP contribution in [0.25, 0.3) is 6.08 Å². The summed E-state index contributed by atoms with van der Waals surface area (Å²) in [5.74, 6) is 0.656. The van der Waals surface area contributed by atoms with E-state index in [2.05, 4.69) is 15.9 Å². The molecule has 8 heteroatoms. The molecular weight excluding hydrogens is 438 g/mol. The second kappa shape index (κ2) is 7.69. The number of carbonyl (C=O) groups excluding carboxylic acids is 1. The number of phenols is 1. The quantitative estimate of drug-likeness (QED) is 0.542. The van der Waals surface area contributed by atoms with Gasteiger partial charge in [-0.05, 0) is 51.8 Å². The molecule has 1 N–H and O–H groups in total. The Morgan fingerprint density at radius 2 is 1.88 bits per heavy atom. The summed E-state index contributed by atoms with van der Waals surface area (Å²) in [4.78, 5) is 14.8. The van der Waals surface area contributed by atoms with Gasteiger partial charge in [-0.15, -0.1) is 0 Å². The number of methoxy groups -OCH3 is 2. The molecule has 134 valence electrons.